The van der Waals surface area contributed by atoms with Gasteiger partial charge in [0.15, 0.2) is 5.54 Å². The lowest BCUT2D eigenvalue weighted by atomic mass is 9.69. The van der Waals surface area contributed by atoms with Crippen LogP contribution in [0.4, 0.5) is 17.1 Å². The van der Waals surface area contributed by atoms with Crippen molar-refractivity contribution < 1.29 is 24.9 Å². The number of aromatic hydroxyl groups is 1. The number of hydrogen-bond donors (Lipinski definition) is 3. The van der Waals surface area contributed by atoms with E-state index < -0.39 is 55.8 Å². The number of phenolic OH excluding ortho intramolecular Hbond substituents is 1. The van der Waals surface area contributed by atoms with E-state index >= 15 is 0 Å². The standard InChI is InChI=1S/C23H15N5O7/c29-20-16(10-13(27(32)33)11-17(20)28(34)35)23-15-9-5-4-8-14(15)19(25-26-23)18(21(23)30)22(31)24-12-6-2-1-3-7-12/h1-11,19,29-30H,(H,24,31). The van der Waals surface area contributed by atoms with Crippen molar-refractivity contribution in [3.63, 3.8) is 0 Å². The second-order valence-electron chi connectivity index (χ2n) is 7.87. The molecule has 0 spiro atoms. The molecule has 2 aliphatic heterocycles. The molecule has 0 aromatic heterocycles. The van der Waals surface area contributed by atoms with E-state index in [-0.39, 0.29) is 11.1 Å². The van der Waals surface area contributed by atoms with Crippen molar-refractivity contribution in [2.24, 2.45) is 10.2 Å². The number of azo groups is 1. The number of aliphatic hydroxyl groups excluding tert-OH is 1. The van der Waals surface area contributed by atoms with Crippen LogP contribution in [-0.4, -0.2) is 26.0 Å². The number of nitro benzene ring substituents is 2. The highest BCUT2D eigenvalue weighted by molar-refractivity contribution is 6.06. The van der Waals surface area contributed by atoms with Crippen molar-refractivity contribution in [3.8, 4) is 5.75 Å². The molecule has 35 heavy (non-hydrogen) atoms. The molecule has 3 aliphatic rings. The highest BCUT2D eigenvalue weighted by atomic mass is 16.6. The van der Waals surface area contributed by atoms with Crippen molar-refractivity contribution in [1.29, 1.82) is 0 Å². The van der Waals surface area contributed by atoms with E-state index in [0.717, 1.165) is 6.07 Å². The number of phenols is 1. The van der Waals surface area contributed by atoms with Crippen LogP contribution < -0.4 is 5.32 Å². The van der Waals surface area contributed by atoms with Gasteiger partial charge in [0.05, 0.1) is 21.5 Å². The first-order chi connectivity index (χ1) is 16.8. The summed E-state index contributed by atoms with van der Waals surface area (Å²) in [5, 5.41) is 56.4. The van der Waals surface area contributed by atoms with Crippen LogP contribution >= 0.6 is 0 Å². The topological polar surface area (TPSA) is 181 Å². The Morgan fingerprint density at radius 1 is 0.943 bits per heavy atom. The summed E-state index contributed by atoms with van der Waals surface area (Å²) in [6.07, 6.45) is 0. The van der Waals surface area contributed by atoms with E-state index in [4.69, 9.17) is 0 Å². The van der Waals surface area contributed by atoms with Crippen LogP contribution in [0.15, 0.2) is 88.3 Å². The molecule has 2 unspecified atom stereocenters. The number of hydrogen-bond acceptors (Lipinski definition) is 9. The van der Waals surface area contributed by atoms with E-state index in [1.54, 1.807) is 54.6 Å². The molecule has 12 heteroatoms. The van der Waals surface area contributed by atoms with E-state index in [0.29, 0.717) is 17.3 Å². The Balaban J connectivity index is 1.79. The van der Waals surface area contributed by atoms with Gasteiger partial charge >= 0.3 is 5.69 Å². The molecule has 2 bridgehead atoms. The van der Waals surface area contributed by atoms with Crippen LogP contribution in [0.3, 0.4) is 0 Å². The number of non-ortho nitro benzene ring substituents is 1. The smallest absolute Gasteiger partial charge is 0.317 e. The number of anilines is 1. The summed E-state index contributed by atoms with van der Waals surface area (Å²) in [5.41, 5.74) is -3.26. The molecule has 0 radical (unpaired) electrons. The van der Waals surface area contributed by atoms with Gasteiger partial charge in [-0.1, -0.05) is 42.5 Å². The van der Waals surface area contributed by atoms with Crippen LogP contribution in [0.2, 0.25) is 0 Å². The van der Waals surface area contributed by atoms with Crippen LogP contribution in [0.5, 0.6) is 5.75 Å². The van der Waals surface area contributed by atoms with Crippen molar-refractivity contribution in [1.82, 2.24) is 0 Å². The molecule has 2 heterocycles. The second kappa shape index (κ2) is 7.73. The quantitative estimate of drug-likeness (QED) is 0.362. The van der Waals surface area contributed by atoms with Crippen LogP contribution in [0.1, 0.15) is 22.7 Å². The van der Waals surface area contributed by atoms with Gasteiger partial charge in [0.1, 0.15) is 11.8 Å². The predicted molar refractivity (Wildman–Crippen MR) is 121 cm³/mol. The van der Waals surface area contributed by atoms with Gasteiger partial charge in [0.25, 0.3) is 11.6 Å². The lowest BCUT2D eigenvalue weighted by molar-refractivity contribution is -0.394. The van der Waals surface area contributed by atoms with Crippen molar-refractivity contribution >= 4 is 23.0 Å². The monoisotopic (exact) mass is 473 g/mol. The number of carbonyl (C=O) groups excluding carboxylic acids is 1. The third-order valence-corrected chi connectivity index (χ3v) is 5.99. The lowest BCUT2D eigenvalue weighted by Crippen LogP contribution is -2.41. The molecule has 12 nitrogen and oxygen atoms in total. The Morgan fingerprint density at radius 2 is 1.63 bits per heavy atom. The number of aliphatic hydroxyl groups is 1. The molecule has 0 fully saturated rings. The van der Waals surface area contributed by atoms with Gasteiger partial charge in [-0.25, -0.2) is 0 Å². The van der Waals surface area contributed by atoms with Crippen molar-refractivity contribution in [3.05, 3.63) is 115 Å². The SMILES string of the molecule is O=C(Nc1ccccc1)C1=C(O)C2(c3cc([N+](=O)[O-])cc([N+](=O)[O-])c3O)N=NC1c1ccccc12. The average molecular weight is 473 g/mol. The molecule has 3 aromatic rings. The predicted octanol–water partition coefficient (Wildman–Crippen LogP) is 4.42. The maximum absolute atomic E-state index is 13.3. The highest BCUT2D eigenvalue weighted by Gasteiger charge is 2.55. The van der Waals surface area contributed by atoms with E-state index in [1.807, 2.05) is 0 Å². The first-order valence-electron chi connectivity index (χ1n) is 10.2. The number of nitro groups is 2. The minimum Gasteiger partial charge on any atom is -0.508 e. The fourth-order valence-electron chi connectivity index (χ4n) is 4.44. The molecule has 3 aromatic carbocycles. The summed E-state index contributed by atoms with van der Waals surface area (Å²) in [7, 11) is 0. The fraction of sp³-hybridized carbons (Fsp3) is 0.0870. The van der Waals surface area contributed by atoms with Gasteiger partial charge in [-0.3, -0.25) is 25.0 Å². The summed E-state index contributed by atoms with van der Waals surface area (Å²) in [6, 6.07) is 15.4. The minimum absolute atomic E-state index is 0.198. The third-order valence-electron chi connectivity index (χ3n) is 5.99. The summed E-state index contributed by atoms with van der Waals surface area (Å²) < 4.78 is 0. The zero-order chi connectivity index (χ0) is 24.9. The molecule has 0 saturated carbocycles. The van der Waals surface area contributed by atoms with Crippen molar-refractivity contribution in [2.75, 3.05) is 5.32 Å². The largest absolute Gasteiger partial charge is 0.508 e. The molecular formula is C23H15N5O7. The van der Waals surface area contributed by atoms with E-state index in [2.05, 4.69) is 15.5 Å². The fourth-order valence-corrected chi connectivity index (χ4v) is 4.44. The third kappa shape index (κ3) is 3.11. The number of para-hydroxylation sites is 1. The highest BCUT2D eigenvalue weighted by Crippen LogP contribution is 2.58. The molecule has 0 saturated heterocycles. The normalized spacial score (nSPS) is 19.8. The number of rotatable bonds is 5. The number of amides is 1. The van der Waals surface area contributed by atoms with E-state index in [9.17, 15) is 35.2 Å². The summed E-state index contributed by atoms with van der Waals surface area (Å²) in [4.78, 5) is 34.5. The Morgan fingerprint density at radius 3 is 2.31 bits per heavy atom. The Kier molecular flexibility index (Phi) is 4.79. The number of nitrogens with zero attached hydrogens (tertiary/aromatic N) is 4. The number of benzene rings is 3. The van der Waals surface area contributed by atoms with Gasteiger partial charge in [-0.05, 0) is 23.3 Å². The molecule has 6 rings (SSSR count). The first-order valence-corrected chi connectivity index (χ1v) is 10.2. The molecule has 1 aliphatic carbocycles. The Labute approximate surface area is 196 Å². The molecule has 1 amide bonds. The van der Waals surface area contributed by atoms with Crippen LogP contribution in [0.25, 0.3) is 0 Å². The average Bonchev–Trinajstić information content (AvgIpc) is 2.85. The summed E-state index contributed by atoms with van der Waals surface area (Å²) in [6.45, 7) is 0. The minimum atomic E-state index is -2.12. The summed E-state index contributed by atoms with van der Waals surface area (Å²) >= 11 is 0. The maximum Gasteiger partial charge on any atom is 0.317 e. The molecule has 3 N–H and O–H groups in total. The summed E-state index contributed by atoms with van der Waals surface area (Å²) in [5.74, 6) is -2.30. The van der Waals surface area contributed by atoms with Gasteiger partial charge < -0.3 is 15.5 Å². The maximum atomic E-state index is 13.3. The first kappa shape index (κ1) is 21.7. The number of carbonyl (C=O) groups is 1. The van der Waals surface area contributed by atoms with E-state index in [1.165, 1.54) is 0 Å². The number of nitrogens with one attached hydrogen (secondary N) is 1. The second-order valence-corrected chi connectivity index (χ2v) is 7.87. The molecule has 174 valence electrons. The van der Waals surface area contributed by atoms with Gasteiger partial charge in [-0.15, -0.1) is 0 Å². The van der Waals surface area contributed by atoms with Gasteiger partial charge in [-0.2, -0.15) is 10.2 Å². The van der Waals surface area contributed by atoms with Gasteiger partial charge in [0.2, 0.25) is 5.75 Å². The molecular weight excluding hydrogens is 458 g/mol. The Bertz CT molecular complexity index is 1480. The zero-order valence-electron chi connectivity index (χ0n) is 17.7. The van der Waals surface area contributed by atoms with Crippen LogP contribution in [-0.2, 0) is 10.3 Å². The molecule has 2 atom stereocenters. The zero-order valence-corrected chi connectivity index (χ0v) is 17.7. The van der Waals surface area contributed by atoms with Gasteiger partial charge in [0, 0.05) is 17.3 Å². The van der Waals surface area contributed by atoms with Crippen molar-refractivity contribution in [2.45, 2.75) is 11.6 Å². The Hall–Kier alpha value is -5.13. The van der Waals surface area contributed by atoms with Crippen LogP contribution in [0, 0.1) is 20.2 Å². The lowest BCUT2D eigenvalue weighted by Gasteiger charge is -2.41.